The van der Waals surface area contributed by atoms with Crippen LogP contribution in [-0.2, 0) is 92.7 Å². The average molecular weight is 1980 g/mol. The number of guanidine groups is 3. The van der Waals surface area contributed by atoms with E-state index < -0.39 is 173 Å². The quantitative estimate of drug-likeness (QED) is 0.0144. The number of alkyl carbamates (subject to hydrolysis) is 2. The summed E-state index contributed by atoms with van der Waals surface area (Å²) in [4.78, 5) is 224. The molecule has 43 heteroatoms. The minimum atomic E-state index is -1.52. The van der Waals surface area contributed by atoms with Crippen LogP contribution in [0.3, 0.4) is 0 Å². The molecule has 13 atom stereocenters. The van der Waals surface area contributed by atoms with Gasteiger partial charge in [-0.3, -0.25) is 73.8 Å². The van der Waals surface area contributed by atoms with E-state index in [2.05, 4.69) is 94.4 Å². The highest BCUT2D eigenvalue weighted by atomic mass is 16.6. The number of nitrogens with one attached hydrogen (secondary N) is 21. The highest BCUT2D eigenvalue weighted by Gasteiger charge is 2.45. The van der Waals surface area contributed by atoms with Crippen LogP contribution in [0.1, 0.15) is 188 Å². The molecular weight excluding hydrogens is 1840 g/mol. The smallest absolute Gasteiger partial charge is 0.408 e. The number of hydrogen-bond donors (Lipinski definition) is 25. The van der Waals surface area contributed by atoms with E-state index >= 15 is 38.4 Å². The lowest BCUT2D eigenvalue weighted by atomic mass is 9.96. The number of benzene rings is 4. The third-order valence-electron chi connectivity index (χ3n) is 25.2. The maximum absolute atomic E-state index is 16.2. The van der Waals surface area contributed by atoms with E-state index in [-0.39, 0.29) is 166 Å². The topological polar surface area (TPSA) is 671 Å². The monoisotopic (exact) mass is 1980 g/mol. The zero-order valence-corrected chi connectivity index (χ0v) is 83.0. The number of amides is 14. The van der Waals surface area contributed by atoms with Crippen molar-refractivity contribution in [3.05, 3.63) is 144 Å². The Morgan fingerprint density at radius 1 is 0.378 bits per heavy atom. The number of primary amides is 1. The molecule has 0 aliphatic carbocycles. The fraction of sp³-hybridized carbons (Fsp3) is 0.510. The predicted molar refractivity (Wildman–Crippen MR) is 542 cm³/mol. The van der Waals surface area contributed by atoms with Gasteiger partial charge >= 0.3 is 12.2 Å². The van der Waals surface area contributed by atoms with Gasteiger partial charge in [0.25, 0.3) is 0 Å². The Kier molecular flexibility index (Phi) is 40.0. The summed E-state index contributed by atoms with van der Waals surface area (Å²) in [6, 6.07) is 12.7. The van der Waals surface area contributed by atoms with Crippen LogP contribution in [-0.4, -0.2) is 254 Å². The van der Waals surface area contributed by atoms with Crippen molar-refractivity contribution in [2.75, 3.05) is 39.3 Å². The largest absolute Gasteiger partial charge is 0.444 e. The number of carbonyl (C=O) groups excluding carboxylic acids is 14. The summed E-state index contributed by atoms with van der Waals surface area (Å²) in [5.74, 6) is -11.3. The van der Waals surface area contributed by atoms with Gasteiger partial charge in [-0.05, 0) is 190 Å². The van der Waals surface area contributed by atoms with Gasteiger partial charge in [0.1, 0.15) is 83.7 Å². The van der Waals surface area contributed by atoms with Crippen LogP contribution in [0.25, 0.3) is 43.6 Å². The Morgan fingerprint density at radius 2 is 0.685 bits per heavy atom. The van der Waals surface area contributed by atoms with Crippen molar-refractivity contribution in [3.8, 4) is 0 Å². The molecule has 0 saturated carbocycles. The first-order chi connectivity index (χ1) is 68.0. The fourth-order valence-corrected chi connectivity index (χ4v) is 17.8. The van der Waals surface area contributed by atoms with Crippen LogP contribution in [0.2, 0.25) is 0 Å². The van der Waals surface area contributed by atoms with Crippen molar-refractivity contribution < 1.29 is 76.6 Å². The SMILES string of the molecule is CC[C@H](C)[C@H](NC(=O)OC(C)(C)C)C(=O)N[C@@H](CC(C)C)C(=O)N[C@@H](CCCNC(=N)N)C(=O)N[C@@H](Cc1c[nH]c2ccccc12)C(=O)N1CCC[C@H]1C(=O)N[C@@H](Cc1c[nH]c2ccccc12)C(=O)N[C@@H](Cc1c[nH]c2ccccc12)C(=O)N1CCC[C@H]1C(=O)N[C@@H](Cc1c[nH]c2ccccc12)C(=O)N[C@@H](CCCNC(=N)N)C(=O)N[C@@H](CCCNC(=N)N)C(=O)N[C@@H](CCCCNC(=O)OC(C)(C)C)C(N)=O. The maximum atomic E-state index is 16.2. The van der Waals surface area contributed by atoms with E-state index in [1.165, 1.54) is 9.80 Å². The van der Waals surface area contributed by atoms with Gasteiger partial charge in [-0.1, -0.05) is 107 Å². The highest BCUT2D eigenvalue weighted by Crippen LogP contribution is 2.30. The maximum Gasteiger partial charge on any atom is 0.408 e. The lowest BCUT2D eigenvalue weighted by molar-refractivity contribution is -0.143. The van der Waals surface area contributed by atoms with E-state index in [1.54, 1.807) is 79.3 Å². The minimum Gasteiger partial charge on any atom is -0.444 e. The van der Waals surface area contributed by atoms with E-state index in [0.29, 0.717) is 85.1 Å². The van der Waals surface area contributed by atoms with Crippen molar-refractivity contribution in [1.29, 1.82) is 16.2 Å². The molecule has 143 heavy (non-hydrogen) atoms. The summed E-state index contributed by atoms with van der Waals surface area (Å²) in [6.07, 6.45) is 6.55. The highest BCUT2D eigenvalue weighted by molar-refractivity contribution is 6.02. The Balaban J connectivity index is 0.932. The molecule has 29 N–H and O–H groups in total. The fourth-order valence-electron chi connectivity index (χ4n) is 17.8. The van der Waals surface area contributed by atoms with Crippen LogP contribution in [0.15, 0.2) is 122 Å². The summed E-state index contributed by atoms with van der Waals surface area (Å²) in [7, 11) is 0. The summed E-state index contributed by atoms with van der Waals surface area (Å²) < 4.78 is 10.8. The van der Waals surface area contributed by atoms with Gasteiger partial charge in [0.2, 0.25) is 70.9 Å². The number of fused-ring (bicyclic) bond motifs is 4. The number of H-pyrrole nitrogens is 4. The molecule has 2 aliphatic heterocycles. The van der Waals surface area contributed by atoms with Crippen LogP contribution >= 0.6 is 0 Å². The molecule has 10 rings (SSSR count). The molecule has 43 nitrogen and oxygen atoms in total. The Morgan fingerprint density at radius 3 is 1.03 bits per heavy atom. The van der Waals surface area contributed by atoms with Gasteiger partial charge in [0.05, 0.1) is 0 Å². The lowest BCUT2D eigenvalue weighted by Crippen LogP contribution is -2.61. The molecule has 2 aliphatic rings. The molecule has 0 bridgehead atoms. The van der Waals surface area contributed by atoms with Crippen LogP contribution in [0, 0.1) is 28.1 Å². The molecule has 4 aromatic carbocycles. The number of ether oxygens (including phenoxy) is 2. The lowest BCUT2D eigenvalue weighted by Gasteiger charge is -2.32. The number of rotatable bonds is 51. The van der Waals surface area contributed by atoms with Crippen LogP contribution in [0.4, 0.5) is 9.59 Å². The molecule has 0 unspecified atom stereocenters. The van der Waals surface area contributed by atoms with Gasteiger partial charge in [-0.2, -0.15) is 0 Å². The number of carbonyl (C=O) groups is 14. The molecule has 14 amide bonds. The van der Waals surface area contributed by atoms with E-state index in [1.807, 2.05) is 112 Å². The van der Waals surface area contributed by atoms with Gasteiger partial charge in [0.15, 0.2) is 17.9 Å². The third kappa shape index (κ3) is 32.8. The Bertz CT molecular complexity index is 5810. The summed E-state index contributed by atoms with van der Waals surface area (Å²) >= 11 is 0. The van der Waals surface area contributed by atoms with E-state index in [4.69, 9.17) is 48.6 Å². The second-order valence-corrected chi connectivity index (χ2v) is 39.1. The molecule has 4 aromatic heterocycles. The zero-order valence-electron chi connectivity index (χ0n) is 83.0. The number of para-hydroxylation sites is 4. The Labute approximate surface area is 830 Å². The number of hydrogen-bond acceptors (Lipinski definition) is 19. The van der Waals surface area contributed by atoms with E-state index in [0.717, 1.165) is 0 Å². The van der Waals surface area contributed by atoms with Crippen LogP contribution in [0.5, 0.6) is 0 Å². The Hall–Kier alpha value is -15.0. The number of unbranched alkanes of at least 4 members (excludes halogenated alkanes) is 1. The van der Waals surface area contributed by atoms with Crippen molar-refractivity contribution >= 4 is 145 Å². The zero-order chi connectivity index (χ0) is 104. The molecular formula is C100H143N27O16. The second-order valence-electron chi connectivity index (χ2n) is 39.1. The summed E-state index contributed by atoms with van der Waals surface area (Å²) in [6.45, 7) is 17.8. The number of likely N-dealkylation sites (tertiary alicyclic amines) is 2. The van der Waals surface area contributed by atoms with Crippen LogP contribution < -0.4 is 97.4 Å². The van der Waals surface area contributed by atoms with Gasteiger partial charge in [0, 0.05) is 133 Å². The van der Waals surface area contributed by atoms with Crippen molar-refractivity contribution in [2.24, 2.45) is 34.8 Å². The normalized spacial score (nSPS) is 16.0. The average Bonchev–Trinajstić information content (AvgIpc) is 1.66. The minimum absolute atomic E-state index is 0.000555. The first-order valence-electron chi connectivity index (χ1n) is 49.1. The number of nitrogens with zero attached hydrogens (tertiary/aromatic N) is 2. The predicted octanol–water partition coefficient (Wildman–Crippen LogP) is 4.18. The molecule has 774 valence electrons. The van der Waals surface area contributed by atoms with Crippen molar-refractivity contribution in [2.45, 2.75) is 275 Å². The first-order valence-corrected chi connectivity index (χ1v) is 49.1. The van der Waals surface area contributed by atoms with Gasteiger partial charge < -0.3 is 137 Å². The molecule has 0 spiro atoms. The third-order valence-corrected chi connectivity index (χ3v) is 25.2. The molecule has 8 aromatic rings. The molecule has 2 fully saturated rings. The number of nitrogens with two attached hydrogens (primary N) is 4. The van der Waals surface area contributed by atoms with E-state index in [9.17, 15) is 28.8 Å². The van der Waals surface area contributed by atoms with Gasteiger partial charge in [-0.15, -0.1) is 0 Å². The molecule has 0 radical (unpaired) electrons. The summed E-state index contributed by atoms with van der Waals surface area (Å²) in [5, 5.41) is 65.5. The van der Waals surface area contributed by atoms with Crippen molar-refractivity contribution in [3.63, 3.8) is 0 Å². The number of aromatic nitrogens is 4. The molecule has 6 heterocycles. The molecule has 2 saturated heterocycles. The number of aromatic amines is 4. The summed E-state index contributed by atoms with van der Waals surface area (Å²) in [5.41, 5.74) is 26.3. The second kappa shape index (κ2) is 52.0. The first kappa shape index (κ1) is 110. The van der Waals surface area contributed by atoms with Crippen molar-refractivity contribution in [1.82, 2.24) is 104 Å². The van der Waals surface area contributed by atoms with Gasteiger partial charge in [-0.25, -0.2) is 9.59 Å². The standard InChI is InChI=1S/C100H143N27O16/c1-11-57(4)81(125-98(141)143-100(8,9)10)91(137)122-74(47-56(2)3)86(132)118-73(38-24-44-110-96(106)107)85(131)123-77(50-60-54-114-68-33-18-14-29-64(60)68)92(138)126-45-25-40-80(126)90(136)121-76(49-59-53-113-67-32-17-13-28-63(59)67)88(134)124-78(51-61-55-115-69-34-19-15-30-65(61)69)93(139)127-46-26-39-79(127)89(135)120-75(48-58-52-112-66-31-16-12-27-62(58)66)87(133)119-72(37-23-43-109-95(104)105)84(130)117-71(36-22-42-108-94(102)103)83(129)116-70(82(101)128)35-20-21-41-111-97(140)142-99(5,6)7/h12-19,27-34,52-57,70-81,112-115H,11,20-26,35-51H2,1-10H3,(H2,101,128)(H,111,140)(H,116,129)(H,117,130)(H,118,132)(H,119,133)(H,120,135)(H,121,136)(H,122,137)(H,123,131)(H,124,134)(H,125,141)(H4,102,103,108)(H4,104,105,109)(H4,106,107,110)/t57-,70-,71-,72-,73-,74-,75-,76-,77-,78-,79-,80-,81-/m0/s1.